The molecule has 0 fully saturated rings. The summed E-state index contributed by atoms with van der Waals surface area (Å²) in [5.41, 5.74) is 4.15. The van der Waals surface area contributed by atoms with E-state index in [1.807, 2.05) is 41.7 Å². The molecule has 0 saturated carbocycles. The molecule has 2 heterocycles. The maximum atomic E-state index is 14.1. The van der Waals surface area contributed by atoms with Crippen LogP contribution in [-0.2, 0) is 5.60 Å². The standard InChI is InChI=1S/C29H26FN3O4/c1-16-18(7-6-10-21(16)31-27(34)19-8-5-9-20(30)26(19)37-4)23-13-14-25-28(35)32-22-15-17(29(2,3)36)11-12-24(22)33(23)25/h5-15,36H,1-4H3,(H,31,34)(H,32,35). The van der Waals surface area contributed by atoms with E-state index in [-0.39, 0.29) is 16.9 Å². The van der Waals surface area contributed by atoms with E-state index >= 15 is 0 Å². The lowest BCUT2D eigenvalue weighted by atomic mass is 9.98. The molecule has 1 amide bonds. The van der Waals surface area contributed by atoms with Gasteiger partial charge in [-0.3, -0.25) is 9.59 Å². The van der Waals surface area contributed by atoms with Crippen LogP contribution in [-0.4, -0.2) is 27.5 Å². The van der Waals surface area contributed by atoms with Gasteiger partial charge in [0.2, 0.25) is 0 Å². The van der Waals surface area contributed by atoms with Crippen LogP contribution in [0.2, 0.25) is 0 Å². The Morgan fingerprint density at radius 3 is 2.51 bits per heavy atom. The van der Waals surface area contributed by atoms with Crippen LogP contribution in [0.15, 0.2) is 71.5 Å². The van der Waals surface area contributed by atoms with E-state index in [1.54, 1.807) is 32.0 Å². The lowest BCUT2D eigenvalue weighted by Crippen LogP contribution is -2.17. The molecule has 188 valence electrons. The SMILES string of the molecule is COc1c(F)cccc1C(=O)Nc1cccc(-c2ccc3c(=O)[nH]c4cc(C(C)(C)O)ccc4n23)c1C. The number of halogens is 1. The Labute approximate surface area is 212 Å². The number of benzene rings is 3. The number of carbonyl (C=O) groups excluding carboxylic acids is 1. The fourth-order valence-corrected chi connectivity index (χ4v) is 4.62. The molecule has 0 bridgehead atoms. The number of aromatic amines is 1. The first-order valence-corrected chi connectivity index (χ1v) is 11.7. The minimum atomic E-state index is -1.06. The van der Waals surface area contributed by atoms with Crippen molar-refractivity contribution in [1.29, 1.82) is 0 Å². The fourth-order valence-electron chi connectivity index (χ4n) is 4.62. The number of hydrogen-bond donors (Lipinski definition) is 3. The summed E-state index contributed by atoms with van der Waals surface area (Å²) in [7, 11) is 1.31. The van der Waals surface area contributed by atoms with Crippen molar-refractivity contribution >= 4 is 28.1 Å². The van der Waals surface area contributed by atoms with Gasteiger partial charge in [-0.1, -0.05) is 24.3 Å². The Hall–Kier alpha value is -4.43. The van der Waals surface area contributed by atoms with Crippen LogP contribution >= 0.6 is 0 Å². The third-order valence-electron chi connectivity index (χ3n) is 6.58. The van der Waals surface area contributed by atoms with E-state index in [2.05, 4.69) is 10.3 Å². The molecule has 37 heavy (non-hydrogen) atoms. The Morgan fingerprint density at radius 1 is 1.05 bits per heavy atom. The Kier molecular flexibility index (Phi) is 5.84. The van der Waals surface area contributed by atoms with Crippen molar-refractivity contribution in [2.45, 2.75) is 26.4 Å². The van der Waals surface area contributed by atoms with Crippen LogP contribution in [0.5, 0.6) is 5.75 Å². The largest absolute Gasteiger partial charge is 0.493 e. The van der Waals surface area contributed by atoms with Crippen molar-refractivity contribution in [3.05, 3.63) is 99.6 Å². The predicted octanol–water partition coefficient (Wildman–Crippen LogP) is 5.38. The van der Waals surface area contributed by atoms with Crippen LogP contribution in [0.4, 0.5) is 10.1 Å². The highest BCUT2D eigenvalue weighted by atomic mass is 19.1. The third-order valence-corrected chi connectivity index (χ3v) is 6.58. The van der Waals surface area contributed by atoms with E-state index in [1.165, 1.54) is 25.3 Å². The number of nitrogens with one attached hydrogen (secondary N) is 2. The number of carbonyl (C=O) groups is 1. The molecule has 8 heteroatoms. The van der Waals surface area contributed by atoms with Gasteiger partial charge in [0.05, 0.1) is 35.0 Å². The summed E-state index contributed by atoms with van der Waals surface area (Å²) in [5, 5.41) is 13.3. The summed E-state index contributed by atoms with van der Waals surface area (Å²) in [6.45, 7) is 5.25. The summed E-state index contributed by atoms with van der Waals surface area (Å²) in [6, 6.07) is 18.7. The molecular formula is C29H26FN3O4. The zero-order chi connectivity index (χ0) is 26.5. The smallest absolute Gasteiger partial charge is 0.272 e. The topological polar surface area (TPSA) is 95.8 Å². The zero-order valence-electron chi connectivity index (χ0n) is 20.8. The molecule has 0 aliphatic rings. The molecule has 0 radical (unpaired) electrons. The quantitative estimate of drug-likeness (QED) is 0.302. The number of aromatic nitrogens is 2. The normalized spacial score (nSPS) is 11.7. The highest BCUT2D eigenvalue weighted by molar-refractivity contribution is 6.07. The molecule has 0 aliphatic heterocycles. The second-order valence-corrected chi connectivity index (χ2v) is 9.44. The van der Waals surface area contributed by atoms with E-state index in [4.69, 9.17) is 4.74 Å². The van der Waals surface area contributed by atoms with Gasteiger partial charge in [0.15, 0.2) is 11.6 Å². The summed E-state index contributed by atoms with van der Waals surface area (Å²) in [4.78, 5) is 28.8. The van der Waals surface area contributed by atoms with Gasteiger partial charge in [-0.05, 0) is 74.4 Å². The molecule has 0 unspecified atom stereocenters. The maximum absolute atomic E-state index is 14.1. The zero-order valence-corrected chi connectivity index (χ0v) is 20.8. The molecule has 5 rings (SSSR count). The van der Waals surface area contributed by atoms with Crippen molar-refractivity contribution in [3.8, 4) is 17.0 Å². The molecule has 0 spiro atoms. The van der Waals surface area contributed by atoms with Crippen LogP contribution in [0.25, 0.3) is 27.8 Å². The van der Waals surface area contributed by atoms with E-state index in [0.717, 1.165) is 22.3 Å². The van der Waals surface area contributed by atoms with Crippen LogP contribution in [0.1, 0.15) is 35.3 Å². The van der Waals surface area contributed by atoms with Crippen LogP contribution in [0.3, 0.4) is 0 Å². The summed E-state index contributed by atoms with van der Waals surface area (Å²) in [6.07, 6.45) is 0. The van der Waals surface area contributed by atoms with E-state index in [0.29, 0.717) is 22.3 Å². The molecular weight excluding hydrogens is 473 g/mol. The van der Waals surface area contributed by atoms with Crippen molar-refractivity contribution in [2.75, 3.05) is 12.4 Å². The van der Waals surface area contributed by atoms with Gasteiger partial charge in [-0.25, -0.2) is 4.39 Å². The minimum absolute atomic E-state index is 0.0839. The number of ether oxygens (including phenoxy) is 1. The Balaban J connectivity index is 1.63. The molecule has 5 aromatic rings. The number of amides is 1. The first-order chi connectivity index (χ1) is 17.6. The Morgan fingerprint density at radius 2 is 1.78 bits per heavy atom. The molecule has 2 aromatic heterocycles. The van der Waals surface area contributed by atoms with Gasteiger partial charge in [0, 0.05) is 11.3 Å². The van der Waals surface area contributed by atoms with Crippen molar-refractivity contribution in [1.82, 2.24) is 9.38 Å². The highest BCUT2D eigenvalue weighted by Gasteiger charge is 2.20. The summed E-state index contributed by atoms with van der Waals surface area (Å²) >= 11 is 0. The molecule has 3 aromatic carbocycles. The number of para-hydroxylation sites is 1. The number of rotatable bonds is 5. The van der Waals surface area contributed by atoms with Crippen LogP contribution in [0, 0.1) is 12.7 Å². The minimum Gasteiger partial charge on any atom is -0.493 e. The third kappa shape index (κ3) is 4.15. The van der Waals surface area contributed by atoms with Gasteiger partial charge in [-0.15, -0.1) is 0 Å². The van der Waals surface area contributed by atoms with Gasteiger partial charge in [0.1, 0.15) is 5.52 Å². The lowest BCUT2D eigenvalue weighted by Gasteiger charge is -2.19. The number of aliphatic hydroxyl groups is 1. The van der Waals surface area contributed by atoms with Crippen molar-refractivity contribution < 1.29 is 19.0 Å². The average Bonchev–Trinajstić information content (AvgIpc) is 3.30. The Bertz CT molecular complexity index is 1740. The summed E-state index contributed by atoms with van der Waals surface area (Å²) in [5.74, 6) is -1.25. The van der Waals surface area contributed by atoms with Gasteiger partial charge >= 0.3 is 0 Å². The van der Waals surface area contributed by atoms with E-state index in [9.17, 15) is 19.1 Å². The number of fused-ring (bicyclic) bond motifs is 3. The number of methoxy groups -OCH3 is 1. The summed E-state index contributed by atoms with van der Waals surface area (Å²) < 4.78 is 21.1. The van der Waals surface area contributed by atoms with Crippen molar-refractivity contribution in [2.24, 2.45) is 0 Å². The number of H-pyrrole nitrogens is 1. The predicted molar refractivity (Wildman–Crippen MR) is 142 cm³/mol. The van der Waals surface area contributed by atoms with Gasteiger partial charge < -0.3 is 24.5 Å². The van der Waals surface area contributed by atoms with E-state index < -0.39 is 17.3 Å². The van der Waals surface area contributed by atoms with Gasteiger partial charge in [-0.2, -0.15) is 0 Å². The number of nitrogens with zero attached hydrogens (tertiary/aromatic N) is 1. The second-order valence-electron chi connectivity index (χ2n) is 9.44. The average molecular weight is 500 g/mol. The maximum Gasteiger partial charge on any atom is 0.272 e. The van der Waals surface area contributed by atoms with Crippen LogP contribution < -0.4 is 15.6 Å². The van der Waals surface area contributed by atoms with Gasteiger partial charge in [0.25, 0.3) is 11.5 Å². The first kappa shape index (κ1) is 24.3. The van der Waals surface area contributed by atoms with Crippen molar-refractivity contribution in [3.63, 3.8) is 0 Å². The number of hydrogen-bond acceptors (Lipinski definition) is 4. The molecule has 0 aliphatic carbocycles. The molecule has 3 N–H and O–H groups in total. The second kappa shape index (κ2) is 8.90. The lowest BCUT2D eigenvalue weighted by molar-refractivity contribution is 0.0787. The molecule has 7 nitrogen and oxygen atoms in total. The first-order valence-electron chi connectivity index (χ1n) is 11.7. The monoisotopic (exact) mass is 499 g/mol. The molecule has 0 saturated heterocycles. The molecule has 0 atom stereocenters. The highest BCUT2D eigenvalue weighted by Crippen LogP contribution is 2.33. The fraction of sp³-hybridized carbons (Fsp3) is 0.172. The number of anilines is 1.